The Morgan fingerprint density at radius 2 is 2.25 bits per heavy atom. The average Bonchev–Trinajstić information content (AvgIpc) is 2.76. The fourth-order valence-corrected chi connectivity index (χ4v) is 1.83. The van der Waals surface area contributed by atoms with E-state index in [1.165, 1.54) is 5.56 Å². The molecule has 0 saturated heterocycles. The number of rotatable bonds is 3. The third-order valence-corrected chi connectivity index (χ3v) is 3.46. The summed E-state index contributed by atoms with van der Waals surface area (Å²) in [5.74, 6) is 1.67. The number of nitrogens with one attached hydrogen (secondary N) is 1. The molecule has 0 saturated carbocycles. The Morgan fingerprint density at radius 3 is 3.06 bits per heavy atom. The number of hydrogen-bond acceptors (Lipinski definition) is 4. The summed E-state index contributed by atoms with van der Waals surface area (Å²) < 4.78 is 11.4. The van der Waals surface area contributed by atoms with Crippen LogP contribution >= 0.6 is 24.0 Å². The zero-order valence-electron chi connectivity index (χ0n) is 8.99. The van der Waals surface area contributed by atoms with Crippen LogP contribution in [0.5, 0.6) is 11.5 Å². The second kappa shape index (κ2) is 5.41. The summed E-state index contributed by atoms with van der Waals surface area (Å²) in [6.07, 6.45) is 2.90. The fourth-order valence-electron chi connectivity index (χ4n) is 1.48. The largest absolute Gasteiger partial charge is 0.454 e. The lowest BCUT2D eigenvalue weighted by Crippen LogP contribution is -2.20. The molecule has 86 valence electrons. The standard InChI is InChI=1S/C11H13NO2S2/c1-16-11(15)12-5-4-8-2-3-9-10(6-8)14-7-13-9/h2-3,6H,4-5,7H2,1H3,(H,12,15). The molecule has 0 radical (unpaired) electrons. The minimum atomic E-state index is 0.327. The number of benzene rings is 1. The molecule has 0 atom stereocenters. The fraction of sp³-hybridized carbons (Fsp3) is 0.364. The zero-order valence-corrected chi connectivity index (χ0v) is 10.6. The summed E-state index contributed by atoms with van der Waals surface area (Å²) in [7, 11) is 0. The molecule has 16 heavy (non-hydrogen) atoms. The molecule has 1 heterocycles. The van der Waals surface area contributed by atoms with Crippen molar-refractivity contribution in [1.82, 2.24) is 5.32 Å². The van der Waals surface area contributed by atoms with Crippen LogP contribution in [0.1, 0.15) is 5.56 Å². The number of ether oxygens (including phenoxy) is 2. The monoisotopic (exact) mass is 255 g/mol. The summed E-state index contributed by atoms with van der Waals surface area (Å²) in [5, 5.41) is 3.17. The van der Waals surface area contributed by atoms with Crippen molar-refractivity contribution >= 4 is 28.3 Å². The Bertz CT molecular complexity index is 396. The lowest BCUT2D eigenvalue weighted by molar-refractivity contribution is 0.174. The van der Waals surface area contributed by atoms with Gasteiger partial charge in [0, 0.05) is 6.54 Å². The molecule has 1 aliphatic rings. The highest BCUT2D eigenvalue weighted by Gasteiger charge is 2.12. The molecule has 1 N–H and O–H groups in total. The van der Waals surface area contributed by atoms with E-state index in [4.69, 9.17) is 21.7 Å². The predicted octanol–water partition coefficient (Wildman–Crippen LogP) is 2.20. The molecule has 5 heteroatoms. The van der Waals surface area contributed by atoms with E-state index < -0.39 is 0 Å². The number of thioether (sulfide) groups is 1. The summed E-state index contributed by atoms with van der Waals surface area (Å²) in [6, 6.07) is 6.02. The molecular formula is C11H13NO2S2. The maximum absolute atomic E-state index is 5.32. The van der Waals surface area contributed by atoms with Gasteiger partial charge in [-0.25, -0.2) is 0 Å². The van der Waals surface area contributed by atoms with Gasteiger partial charge in [-0.15, -0.1) is 11.8 Å². The Morgan fingerprint density at radius 1 is 1.44 bits per heavy atom. The van der Waals surface area contributed by atoms with Crippen molar-refractivity contribution in [3.8, 4) is 11.5 Å². The van der Waals surface area contributed by atoms with E-state index in [1.54, 1.807) is 11.8 Å². The Labute approximate surface area is 105 Å². The first-order valence-electron chi connectivity index (χ1n) is 5.00. The highest BCUT2D eigenvalue weighted by Crippen LogP contribution is 2.32. The second-order valence-electron chi connectivity index (χ2n) is 3.36. The molecule has 0 unspecified atom stereocenters. The quantitative estimate of drug-likeness (QED) is 0.837. The average molecular weight is 255 g/mol. The Hall–Kier alpha value is -0.940. The highest BCUT2D eigenvalue weighted by atomic mass is 32.2. The van der Waals surface area contributed by atoms with Crippen LogP contribution in [0, 0.1) is 0 Å². The molecule has 0 fully saturated rings. The van der Waals surface area contributed by atoms with Crippen LogP contribution in [0.4, 0.5) is 0 Å². The topological polar surface area (TPSA) is 30.5 Å². The van der Waals surface area contributed by atoms with Crippen molar-refractivity contribution in [2.75, 3.05) is 19.6 Å². The smallest absolute Gasteiger partial charge is 0.231 e. The molecule has 2 rings (SSSR count). The molecule has 1 aromatic carbocycles. The van der Waals surface area contributed by atoms with E-state index in [-0.39, 0.29) is 0 Å². The van der Waals surface area contributed by atoms with Crippen molar-refractivity contribution in [2.24, 2.45) is 0 Å². The number of hydrogen-bond donors (Lipinski definition) is 1. The van der Waals surface area contributed by atoms with Gasteiger partial charge in [-0.05, 0) is 30.4 Å². The van der Waals surface area contributed by atoms with Crippen molar-refractivity contribution < 1.29 is 9.47 Å². The minimum absolute atomic E-state index is 0.327. The lowest BCUT2D eigenvalue weighted by Gasteiger charge is -2.05. The van der Waals surface area contributed by atoms with Crippen LogP contribution < -0.4 is 14.8 Å². The third-order valence-electron chi connectivity index (χ3n) is 2.31. The van der Waals surface area contributed by atoms with Crippen molar-refractivity contribution in [3.05, 3.63) is 23.8 Å². The lowest BCUT2D eigenvalue weighted by atomic mass is 10.1. The third kappa shape index (κ3) is 2.80. The molecule has 0 amide bonds. The first-order valence-corrected chi connectivity index (χ1v) is 6.63. The summed E-state index contributed by atoms with van der Waals surface area (Å²) in [4.78, 5) is 0. The summed E-state index contributed by atoms with van der Waals surface area (Å²) in [5.41, 5.74) is 1.22. The van der Waals surface area contributed by atoms with Gasteiger partial charge in [-0.2, -0.15) is 0 Å². The van der Waals surface area contributed by atoms with Gasteiger partial charge in [0.2, 0.25) is 6.79 Å². The first kappa shape index (κ1) is 11.5. The molecular weight excluding hydrogens is 242 g/mol. The van der Waals surface area contributed by atoms with Crippen molar-refractivity contribution in [3.63, 3.8) is 0 Å². The van der Waals surface area contributed by atoms with Gasteiger partial charge in [-0.3, -0.25) is 0 Å². The summed E-state index contributed by atoms with van der Waals surface area (Å²) >= 11 is 6.61. The molecule has 1 aromatic rings. The van der Waals surface area contributed by atoms with Crippen LogP contribution in [-0.4, -0.2) is 23.9 Å². The van der Waals surface area contributed by atoms with Crippen LogP contribution in [-0.2, 0) is 6.42 Å². The van der Waals surface area contributed by atoms with Crippen LogP contribution in [0.15, 0.2) is 18.2 Å². The van der Waals surface area contributed by atoms with Gasteiger partial charge in [0.15, 0.2) is 11.5 Å². The Kier molecular flexibility index (Phi) is 3.90. The predicted molar refractivity (Wildman–Crippen MR) is 70.4 cm³/mol. The maximum atomic E-state index is 5.32. The Balaban J connectivity index is 1.88. The van der Waals surface area contributed by atoms with Crippen LogP contribution in [0.25, 0.3) is 0 Å². The minimum Gasteiger partial charge on any atom is -0.454 e. The first-order chi connectivity index (χ1) is 7.79. The van der Waals surface area contributed by atoms with Gasteiger partial charge in [0.25, 0.3) is 0 Å². The van der Waals surface area contributed by atoms with Crippen molar-refractivity contribution in [1.29, 1.82) is 0 Å². The van der Waals surface area contributed by atoms with Gasteiger partial charge in [0.1, 0.15) is 4.32 Å². The molecule has 0 aliphatic carbocycles. The van der Waals surface area contributed by atoms with E-state index in [9.17, 15) is 0 Å². The highest BCUT2D eigenvalue weighted by molar-refractivity contribution is 8.22. The normalized spacial score (nSPS) is 12.6. The molecule has 3 nitrogen and oxygen atoms in total. The SMILES string of the molecule is CSC(=S)NCCc1ccc2c(c1)OCO2. The van der Waals surface area contributed by atoms with E-state index >= 15 is 0 Å². The van der Waals surface area contributed by atoms with E-state index in [0.717, 1.165) is 28.8 Å². The number of thiocarbonyl (C=S) groups is 1. The van der Waals surface area contributed by atoms with Gasteiger partial charge in [-0.1, -0.05) is 18.3 Å². The van der Waals surface area contributed by atoms with Crippen LogP contribution in [0.3, 0.4) is 0 Å². The zero-order chi connectivity index (χ0) is 11.4. The molecule has 0 bridgehead atoms. The second-order valence-corrected chi connectivity index (χ2v) is 4.84. The number of fused-ring (bicyclic) bond motifs is 1. The maximum Gasteiger partial charge on any atom is 0.231 e. The van der Waals surface area contributed by atoms with Crippen LogP contribution in [0.2, 0.25) is 0 Å². The summed E-state index contributed by atoms with van der Waals surface area (Å²) in [6.45, 7) is 1.17. The van der Waals surface area contributed by atoms with E-state index in [2.05, 4.69) is 11.4 Å². The van der Waals surface area contributed by atoms with Gasteiger partial charge in [0.05, 0.1) is 0 Å². The molecule has 0 spiro atoms. The van der Waals surface area contributed by atoms with Crippen molar-refractivity contribution in [2.45, 2.75) is 6.42 Å². The molecule has 1 aliphatic heterocycles. The van der Waals surface area contributed by atoms with Gasteiger partial charge < -0.3 is 14.8 Å². The molecule has 0 aromatic heterocycles. The van der Waals surface area contributed by atoms with E-state index in [1.807, 2.05) is 18.4 Å². The van der Waals surface area contributed by atoms with Gasteiger partial charge >= 0.3 is 0 Å². The van der Waals surface area contributed by atoms with E-state index in [0.29, 0.717) is 6.79 Å².